The lowest BCUT2D eigenvalue weighted by Crippen LogP contribution is -2.39. The number of rotatable bonds is 4. The normalized spacial score (nSPS) is 16.6. The van der Waals surface area contributed by atoms with E-state index in [1.807, 2.05) is 11.9 Å². The van der Waals surface area contributed by atoms with Gasteiger partial charge in [-0.1, -0.05) is 0 Å². The van der Waals surface area contributed by atoms with Crippen LogP contribution in [-0.4, -0.2) is 42.5 Å². The molecule has 2 N–H and O–H groups in total. The van der Waals surface area contributed by atoms with E-state index in [1.165, 1.54) is 18.7 Å². The van der Waals surface area contributed by atoms with Crippen LogP contribution in [0.1, 0.15) is 29.6 Å². The SMILES string of the molecule is CNCCC1CCN(C(=O)c2ccc(=O)[nH]c2)CC1. The maximum atomic E-state index is 12.2. The minimum Gasteiger partial charge on any atom is -0.339 e. The van der Waals surface area contributed by atoms with Gasteiger partial charge in [-0.05, 0) is 44.8 Å². The van der Waals surface area contributed by atoms with Crippen molar-refractivity contribution in [3.63, 3.8) is 0 Å². The molecule has 2 rings (SSSR count). The number of aromatic nitrogens is 1. The van der Waals surface area contributed by atoms with E-state index in [4.69, 9.17) is 0 Å². The summed E-state index contributed by atoms with van der Waals surface area (Å²) in [5.74, 6) is 0.732. The fraction of sp³-hybridized carbons (Fsp3) is 0.571. The molecule has 0 atom stereocenters. The van der Waals surface area contributed by atoms with E-state index < -0.39 is 0 Å². The zero-order valence-electron chi connectivity index (χ0n) is 11.3. The van der Waals surface area contributed by atoms with Crippen molar-refractivity contribution in [2.45, 2.75) is 19.3 Å². The van der Waals surface area contributed by atoms with Gasteiger partial charge in [0.2, 0.25) is 5.56 Å². The number of likely N-dealkylation sites (tertiary alicyclic amines) is 1. The van der Waals surface area contributed by atoms with Crippen molar-refractivity contribution >= 4 is 5.91 Å². The first-order valence-electron chi connectivity index (χ1n) is 6.83. The molecule has 0 saturated carbocycles. The number of nitrogens with zero attached hydrogens (tertiary/aromatic N) is 1. The molecule has 1 amide bonds. The topological polar surface area (TPSA) is 65.2 Å². The lowest BCUT2D eigenvalue weighted by molar-refractivity contribution is 0.0686. The molecule has 0 bridgehead atoms. The number of amides is 1. The van der Waals surface area contributed by atoms with Crippen LogP contribution in [0.4, 0.5) is 0 Å². The van der Waals surface area contributed by atoms with Crippen molar-refractivity contribution < 1.29 is 4.79 Å². The summed E-state index contributed by atoms with van der Waals surface area (Å²) >= 11 is 0. The van der Waals surface area contributed by atoms with Crippen molar-refractivity contribution in [3.8, 4) is 0 Å². The Bertz CT molecular complexity index is 455. The van der Waals surface area contributed by atoms with Gasteiger partial charge in [-0.25, -0.2) is 0 Å². The minimum absolute atomic E-state index is 0.0170. The zero-order chi connectivity index (χ0) is 13.7. The molecule has 5 nitrogen and oxygen atoms in total. The summed E-state index contributed by atoms with van der Waals surface area (Å²) in [6, 6.07) is 2.99. The molecule has 19 heavy (non-hydrogen) atoms. The summed E-state index contributed by atoms with van der Waals surface area (Å²) in [7, 11) is 1.97. The largest absolute Gasteiger partial charge is 0.339 e. The van der Waals surface area contributed by atoms with Crippen LogP contribution in [0.5, 0.6) is 0 Å². The van der Waals surface area contributed by atoms with E-state index in [9.17, 15) is 9.59 Å². The number of carbonyl (C=O) groups is 1. The molecule has 1 aromatic heterocycles. The zero-order valence-corrected chi connectivity index (χ0v) is 11.3. The Morgan fingerprint density at radius 3 is 2.74 bits per heavy atom. The molecule has 1 aliphatic rings. The molecule has 0 aromatic carbocycles. The van der Waals surface area contributed by atoms with Crippen LogP contribution in [0.3, 0.4) is 0 Å². The average Bonchev–Trinajstić information content (AvgIpc) is 2.46. The second-order valence-electron chi connectivity index (χ2n) is 5.07. The van der Waals surface area contributed by atoms with E-state index in [1.54, 1.807) is 6.07 Å². The van der Waals surface area contributed by atoms with Gasteiger partial charge < -0.3 is 15.2 Å². The predicted octanol–water partition coefficient (Wildman–Crippen LogP) is 0.837. The van der Waals surface area contributed by atoms with Crippen molar-refractivity contribution in [2.24, 2.45) is 5.92 Å². The van der Waals surface area contributed by atoms with E-state index in [2.05, 4.69) is 10.3 Å². The Morgan fingerprint density at radius 1 is 1.42 bits per heavy atom. The first-order valence-corrected chi connectivity index (χ1v) is 6.83. The first kappa shape index (κ1) is 13.8. The molecule has 0 aliphatic carbocycles. The van der Waals surface area contributed by atoms with Gasteiger partial charge in [0.25, 0.3) is 5.91 Å². The lowest BCUT2D eigenvalue weighted by atomic mass is 9.93. The van der Waals surface area contributed by atoms with Crippen LogP contribution in [0.25, 0.3) is 0 Å². The van der Waals surface area contributed by atoms with Gasteiger partial charge >= 0.3 is 0 Å². The molecule has 1 aromatic rings. The van der Waals surface area contributed by atoms with E-state index >= 15 is 0 Å². The fourth-order valence-electron chi connectivity index (χ4n) is 2.50. The van der Waals surface area contributed by atoms with Crippen molar-refractivity contribution in [1.29, 1.82) is 0 Å². The number of H-pyrrole nitrogens is 1. The summed E-state index contributed by atoms with van der Waals surface area (Å²) in [5, 5.41) is 3.17. The monoisotopic (exact) mass is 263 g/mol. The van der Waals surface area contributed by atoms with Crippen molar-refractivity contribution in [1.82, 2.24) is 15.2 Å². The maximum Gasteiger partial charge on any atom is 0.255 e. The number of nitrogens with one attached hydrogen (secondary N) is 2. The Balaban J connectivity index is 1.88. The Hall–Kier alpha value is -1.62. The molecule has 0 unspecified atom stereocenters. The number of carbonyl (C=O) groups excluding carboxylic acids is 1. The average molecular weight is 263 g/mol. The minimum atomic E-state index is -0.178. The Kier molecular flexibility index (Phi) is 4.74. The van der Waals surface area contributed by atoms with E-state index in [0.717, 1.165) is 32.5 Å². The molecule has 1 aliphatic heterocycles. The number of hydrogen-bond acceptors (Lipinski definition) is 3. The standard InChI is InChI=1S/C14H21N3O2/c1-15-7-4-11-5-8-17(9-6-11)14(19)12-2-3-13(18)16-10-12/h2-3,10-11,15H,4-9H2,1H3,(H,16,18). The van der Waals surface area contributed by atoms with Gasteiger partial charge in [0.1, 0.15) is 0 Å². The van der Waals surface area contributed by atoms with Gasteiger partial charge in [0.15, 0.2) is 0 Å². The summed E-state index contributed by atoms with van der Waals surface area (Å²) < 4.78 is 0. The molecule has 5 heteroatoms. The number of piperidine rings is 1. The second-order valence-corrected chi connectivity index (χ2v) is 5.07. The highest BCUT2D eigenvalue weighted by Crippen LogP contribution is 2.21. The van der Waals surface area contributed by atoms with Crippen molar-refractivity contribution in [3.05, 3.63) is 34.2 Å². The summed E-state index contributed by atoms with van der Waals surface area (Å²) in [4.78, 5) is 27.6. The van der Waals surface area contributed by atoms with Crippen LogP contribution >= 0.6 is 0 Å². The van der Waals surface area contributed by atoms with Gasteiger partial charge in [0, 0.05) is 25.4 Å². The fourth-order valence-corrected chi connectivity index (χ4v) is 2.50. The number of hydrogen-bond donors (Lipinski definition) is 2. The first-order chi connectivity index (χ1) is 9.20. The summed E-state index contributed by atoms with van der Waals surface area (Å²) in [6.45, 7) is 2.66. The van der Waals surface area contributed by atoms with E-state index in [0.29, 0.717) is 11.5 Å². The molecule has 0 radical (unpaired) electrons. The number of pyridine rings is 1. The second kappa shape index (κ2) is 6.52. The summed E-state index contributed by atoms with van der Waals surface area (Å²) in [6.07, 6.45) is 4.81. The third-order valence-corrected chi connectivity index (χ3v) is 3.74. The Morgan fingerprint density at radius 2 is 2.16 bits per heavy atom. The third-order valence-electron chi connectivity index (χ3n) is 3.74. The van der Waals surface area contributed by atoms with Gasteiger partial charge in [-0.15, -0.1) is 0 Å². The molecule has 2 heterocycles. The van der Waals surface area contributed by atoms with Crippen LogP contribution < -0.4 is 10.9 Å². The molecule has 104 valence electrons. The third kappa shape index (κ3) is 3.67. The van der Waals surface area contributed by atoms with Crippen LogP contribution in [-0.2, 0) is 0 Å². The number of aromatic amines is 1. The molecule has 1 saturated heterocycles. The summed E-state index contributed by atoms with van der Waals surface area (Å²) in [5.41, 5.74) is 0.385. The quantitative estimate of drug-likeness (QED) is 0.846. The predicted molar refractivity (Wildman–Crippen MR) is 74.2 cm³/mol. The van der Waals surface area contributed by atoms with Gasteiger partial charge in [-0.2, -0.15) is 0 Å². The molecular weight excluding hydrogens is 242 g/mol. The van der Waals surface area contributed by atoms with E-state index in [-0.39, 0.29) is 11.5 Å². The highest BCUT2D eigenvalue weighted by molar-refractivity contribution is 5.93. The molecule has 1 fully saturated rings. The highest BCUT2D eigenvalue weighted by atomic mass is 16.2. The van der Waals surface area contributed by atoms with Crippen LogP contribution in [0, 0.1) is 5.92 Å². The van der Waals surface area contributed by atoms with Crippen LogP contribution in [0.15, 0.2) is 23.1 Å². The van der Waals surface area contributed by atoms with Crippen molar-refractivity contribution in [2.75, 3.05) is 26.7 Å². The Labute approximate surface area is 113 Å². The lowest BCUT2D eigenvalue weighted by Gasteiger charge is -2.32. The van der Waals surface area contributed by atoms with Gasteiger partial charge in [0.05, 0.1) is 5.56 Å². The van der Waals surface area contributed by atoms with Crippen LogP contribution in [0.2, 0.25) is 0 Å². The smallest absolute Gasteiger partial charge is 0.255 e. The highest BCUT2D eigenvalue weighted by Gasteiger charge is 2.23. The molecule has 0 spiro atoms. The molecular formula is C14H21N3O2. The maximum absolute atomic E-state index is 12.2. The van der Waals surface area contributed by atoms with Gasteiger partial charge in [-0.3, -0.25) is 9.59 Å².